The van der Waals surface area contributed by atoms with Crippen molar-refractivity contribution in [2.24, 2.45) is 0 Å². The fourth-order valence-electron chi connectivity index (χ4n) is 1.25. The number of methoxy groups -OCH3 is 1. The molecule has 1 rings (SSSR count). The molecule has 0 atom stereocenters. The molecule has 0 aromatic heterocycles. The highest BCUT2D eigenvalue weighted by Crippen LogP contribution is 2.20. The molecule has 0 spiro atoms. The van der Waals surface area contributed by atoms with Crippen molar-refractivity contribution in [1.82, 2.24) is 5.32 Å². The number of ether oxygens (including phenoxy) is 1. The predicted molar refractivity (Wildman–Crippen MR) is 67.8 cm³/mol. The summed E-state index contributed by atoms with van der Waals surface area (Å²) >= 11 is 0. The summed E-state index contributed by atoms with van der Waals surface area (Å²) in [6.45, 7) is 3.47. The Labute approximate surface area is 101 Å². The van der Waals surface area contributed by atoms with E-state index in [1.54, 1.807) is 32.0 Å². The minimum atomic E-state index is -0.716. The first kappa shape index (κ1) is 12.9. The van der Waals surface area contributed by atoms with Gasteiger partial charge in [-0.1, -0.05) is 5.92 Å². The van der Waals surface area contributed by atoms with Crippen molar-refractivity contribution in [3.8, 4) is 18.1 Å². The summed E-state index contributed by atoms with van der Waals surface area (Å²) in [5.74, 6) is 2.74. The first-order valence-electron chi connectivity index (χ1n) is 5.13. The molecule has 0 fully saturated rings. The number of carbonyl (C=O) groups is 1. The van der Waals surface area contributed by atoms with E-state index in [1.165, 1.54) is 7.11 Å². The molecule has 1 aromatic rings. The van der Waals surface area contributed by atoms with Crippen LogP contribution < -0.4 is 15.8 Å². The fourth-order valence-corrected chi connectivity index (χ4v) is 1.25. The lowest BCUT2D eigenvalue weighted by molar-refractivity contribution is 0.0930. The molecule has 17 heavy (non-hydrogen) atoms. The monoisotopic (exact) mass is 232 g/mol. The molecule has 0 radical (unpaired) electrons. The highest BCUT2D eigenvalue weighted by Gasteiger charge is 2.19. The number of rotatable bonds is 3. The van der Waals surface area contributed by atoms with Gasteiger partial charge in [-0.15, -0.1) is 6.42 Å². The molecule has 3 N–H and O–H groups in total. The van der Waals surface area contributed by atoms with Crippen molar-refractivity contribution in [1.29, 1.82) is 0 Å². The van der Waals surface area contributed by atoms with Crippen molar-refractivity contribution < 1.29 is 9.53 Å². The van der Waals surface area contributed by atoms with Gasteiger partial charge in [0.1, 0.15) is 5.75 Å². The third-order valence-corrected chi connectivity index (χ3v) is 2.29. The molecule has 4 heteroatoms. The summed E-state index contributed by atoms with van der Waals surface area (Å²) in [5.41, 5.74) is 5.76. The number of hydrogen-bond donors (Lipinski definition) is 2. The van der Waals surface area contributed by atoms with Crippen molar-refractivity contribution in [2.75, 3.05) is 12.8 Å². The van der Waals surface area contributed by atoms with E-state index in [2.05, 4.69) is 11.2 Å². The first-order valence-corrected chi connectivity index (χ1v) is 5.13. The van der Waals surface area contributed by atoms with Crippen LogP contribution in [-0.4, -0.2) is 18.6 Å². The van der Waals surface area contributed by atoms with Gasteiger partial charge in [0.2, 0.25) is 0 Å². The maximum Gasteiger partial charge on any atom is 0.254 e. The summed E-state index contributed by atoms with van der Waals surface area (Å²) < 4.78 is 5.04. The molecule has 0 bridgehead atoms. The van der Waals surface area contributed by atoms with Crippen molar-refractivity contribution >= 4 is 11.6 Å². The molecular formula is C13H16N2O2. The van der Waals surface area contributed by atoms with E-state index < -0.39 is 5.54 Å². The molecule has 0 unspecified atom stereocenters. The van der Waals surface area contributed by atoms with Crippen LogP contribution in [-0.2, 0) is 0 Å². The normalized spacial score (nSPS) is 10.5. The quantitative estimate of drug-likeness (QED) is 0.612. The second-order valence-corrected chi connectivity index (χ2v) is 4.18. The van der Waals surface area contributed by atoms with Crippen molar-refractivity contribution in [2.45, 2.75) is 19.4 Å². The molecule has 90 valence electrons. The van der Waals surface area contributed by atoms with Crippen LogP contribution in [0.25, 0.3) is 0 Å². The fraction of sp³-hybridized carbons (Fsp3) is 0.308. The number of nitrogens with two attached hydrogens (primary N) is 1. The SMILES string of the molecule is C#CC(C)(C)NC(=O)c1cc(OC)ccc1N. The summed E-state index contributed by atoms with van der Waals surface area (Å²) in [5, 5.41) is 2.70. The van der Waals surface area contributed by atoms with Crippen LogP contribution in [0.1, 0.15) is 24.2 Å². The van der Waals surface area contributed by atoms with Crippen LogP contribution in [0, 0.1) is 12.3 Å². The Morgan fingerprint density at radius 1 is 1.53 bits per heavy atom. The Morgan fingerprint density at radius 3 is 2.71 bits per heavy atom. The maximum absolute atomic E-state index is 12.0. The third-order valence-electron chi connectivity index (χ3n) is 2.29. The van der Waals surface area contributed by atoms with Gasteiger partial charge in [0.05, 0.1) is 18.2 Å². The van der Waals surface area contributed by atoms with Gasteiger partial charge in [0.15, 0.2) is 0 Å². The smallest absolute Gasteiger partial charge is 0.254 e. The largest absolute Gasteiger partial charge is 0.497 e. The third kappa shape index (κ3) is 3.15. The minimum Gasteiger partial charge on any atom is -0.497 e. The lowest BCUT2D eigenvalue weighted by Gasteiger charge is -2.20. The zero-order valence-corrected chi connectivity index (χ0v) is 10.2. The minimum absolute atomic E-state index is 0.315. The van der Waals surface area contributed by atoms with Gasteiger partial charge in [-0.2, -0.15) is 0 Å². The highest BCUT2D eigenvalue weighted by atomic mass is 16.5. The lowest BCUT2D eigenvalue weighted by Crippen LogP contribution is -2.42. The van der Waals surface area contributed by atoms with Crippen LogP contribution in [0.3, 0.4) is 0 Å². The molecule has 0 saturated heterocycles. The van der Waals surface area contributed by atoms with E-state index in [0.717, 1.165) is 0 Å². The topological polar surface area (TPSA) is 64.3 Å². The van der Waals surface area contributed by atoms with Crippen LogP contribution in [0.5, 0.6) is 5.75 Å². The van der Waals surface area contributed by atoms with Crippen molar-refractivity contribution in [3.05, 3.63) is 23.8 Å². The van der Waals surface area contributed by atoms with E-state index in [0.29, 0.717) is 17.0 Å². The van der Waals surface area contributed by atoms with Gasteiger partial charge in [-0.25, -0.2) is 0 Å². The Balaban J connectivity index is 3.01. The molecule has 0 heterocycles. The number of nitrogens with one attached hydrogen (secondary N) is 1. The standard InChI is InChI=1S/C13H16N2O2/c1-5-13(2,3)15-12(16)10-8-9(17-4)6-7-11(10)14/h1,6-8H,14H2,2-4H3,(H,15,16). The zero-order chi connectivity index (χ0) is 13.1. The zero-order valence-electron chi connectivity index (χ0n) is 10.2. The Bertz CT molecular complexity index is 473. The van der Waals surface area contributed by atoms with Gasteiger partial charge in [0.25, 0.3) is 5.91 Å². The van der Waals surface area contributed by atoms with E-state index >= 15 is 0 Å². The summed E-state index contributed by atoms with van der Waals surface area (Å²) in [7, 11) is 1.53. The first-order chi connectivity index (χ1) is 7.89. The second-order valence-electron chi connectivity index (χ2n) is 4.18. The highest BCUT2D eigenvalue weighted by molar-refractivity contribution is 6.00. The molecule has 0 aliphatic rings. The average Bonchev–Trinajstić information content (AvgIpc) is 2.29. The van der Waals surface area contributed by atoms with Crippen molar-refractivity contribution in [3.63, 3.8) is 0 Å². The van der Waals surface area contributed by atoms with Gasteiger partial charge in [0, 0.05) is 5.69 Å². The molecule has 1 aromatic carbocycles. The maximum atomic E-state index is 12.0. The Kier molecular flexibility index (Phi) is 3.64. The number of nitrogen functional groups attached to an aromatic ring is 1. The molecule has 4 nitrogen and oxygen atoms in total. The summed E-state index contributed by atoms with van der Waals surface area (Å²) in [4.78, 5) is 12.0. The van der Waals surface area contributed by atoms with Crippen LogP contribution >= 0.6 is 0 Å². The molecular weight excluding hydrogens is 216 g/mol. The molecule has 0 aliphatic carbocycles. The lowest BCUT2D eigenvalue weighted by atomic mass is 10.1. The predicted octanol–water partition coefficient (Wildman–Crippen LogP) is 1.42. The van der Waals surface area contributed by atoms with E-state index in [1.807, 2.05) is 0 Å². The number of benzene rings is 1. The van der Waals surface area contributed by atoms with Gasteiger partial charge in [-0.05, 0) is 32.0 Å². The summed E-state index contributed by atoms with van der Waals surface area (Å²) in [6.07, 6.45) is 5.31. The molecule has 1 amide bonds. The van der Waals surface area contributed by atoms with Gasteiger partial charge in [-0.3, -0.25) is 4.79 Å². The van der Waals surface area contributed by atoms with E-state index in [-0.39, 0.29) is 5.91 Å². The van der Waals surface area contributed by atoms with Gasteiger partial charge >= 0.3 is 0 Å². The Hall–Kier alpha value is -2.15. The van der Waals surface area contributed by atoms with Crippen LogP contribution in [0.15, 0.2) is 18.2 Å². The number of carbonyl (C=O) groups excluding carboxylic acids is 1. The average molecular weight is 232 g/mol. The summed E-state index contributed by atoms with van der Waals surface area (Å²) in [6, 6.07) is 4.90. The number of anilines is 1. The number of amides is 1. The van der Waals surface area contributed by atoms with E-state index in [9.17, 15) is 4.79 Å². The van der Waals surface area contributed by atoms with Crippen LogP contribution in [0.4, 0.5) is 5.69 Å². The molecule has 0 aliphatic heterocycles. The van der Waals surface area contributed by atoms with Gasteiger partial charge < -0.3 is 15.8 Å². The number of hydrogen-bond acceptors (Lipinski definition) is 3. The second kappa shape index (κ2) is 4.79. The number of terminal acetylenes is 1. The van der Waals surface area contributed by atoms with Crippen LogP contribution in [0.2, 0.25) is 0 Å². The van der Waals surface area contributed by atoms with E-state index in [4.69, 9.17) is 16.9 Å². The molecule has 0 saturated carbocycles. The Morgan fingerprint density at radius 2 is 2.18 bits per heavy atom.